The molecule has 1 aliphatic heterocycles. The highest BCUT2D eigenvalue weighted by atomic mass is 19.1. The largest absolute Gasteiger partial charge is 0.370 e. The lowest BCUT2D eigenvalue weighted by atomic mass is 10.0. The first-order valence-electron chi connectivity index (χ1n) is 7.66. The highest BCUT2D eigenvalue weighted by Crippen LogP contribution is 2.34. The van der Waals surface area contributed by atoms with Gasteiger partial charge in [0, 0.05) is 0 Å². The minimum Gasteiger partial charge on any atom is -0.370 e. The van der Waals surface area contributed by atoms with E-state index in [9.17, 15) is 14.4 Å². The number of hydroxylamine groups is 2. The third-order valence-electron chi connectivity index (χ3n) is 4.14. The molecule has 122 valence electrons. The number of hydrogen-bond acceptors (Lipinski definition) is 3. The van der Waals surface area contributed by atoms with Crippen molar-refractivity contribution >= 4 is 6.03 Å². The first kappa shape index (κ1) is 16.7. The van der Waals surface area contributed by atoms with E-state index in [4.69, 9.17) is 10.5 Å². The van der Waals surface area contributed by atoms with Crippen molar-refractivity contribution in [1.29, 1.82) is 0 Å². The third-order valence-corrected chi connectivity index (χ3v) is 4.14. The van der Waals surface area contributed by atoms with E-state index in [1.807, 2.05) is 0 Å². The van der Waals surface area contributed by atoms with Gasteiger partial charge in [-0.1, -0.05) is 12.1 Å². The van der Waals surface area contributed by atoms with Crippen LogP contribution in [0.2, 0.25) is 0 Å². The molecule has 0 aliphatic carbocycles. The number of urea groups is 1. The zero-order valence-corrected chi connectivity index (χ0v) is 12.7. The molecule has 1 fully saturated rings. The van der Waals surface area contributed by atoms with Gasteiger partial charge in [0.15, 0.2) is 0 Å². The number of carbonyl (C=O) groups is 1. The Kier molecular flexibility index (Phi) is 5.74. The quantitative estimate of drug-likeness (QED) is 0.625. The molecule has 3 atom stereocenters. The monoisotopic (exact) mass is 310 g/mol. The summed E-state index contributed by atoms with van der Waals surface area (Å²) in [6.07, 6.45) is 4.47. The number of halogens is 1. The number of primary amides is 1. The van der Waals surface area contributed by atoms with Crippen molar-refractivity contribution in [1.82, 2.24) is 5.06 Å². The van der Waals surface area contributed by atoms with Gasteiger partial charge < -0.3 is 10.5 Å². The van der Waals surface area contributed by atoms with Crippen LogP contribution in [0.15, 0.2) is 24.3 Å². The molecule has 1 heterocycles. The van der Waals surface area contributed by atoms with Crippen LogP contribution in [0, 0.1) is 5.82 Å². The fraction of sp³-hybridized carbons (Fsp3) is 0.562. The van der Waals surface area contributed by atoms with Crippen LogP contribution in [0.4, 0.5) is 9.18 Å². The van der Waals surface area contributed by atoms with Crippen molar-refractivity contribution in [3.63, 3.8) is 0 Å². The predicted octanol–water partition coefficient (Wildman–Crippen LogP) is 3.37. The van der Waals surface area contributed by atoms with Crippen molar-refractivity contribution < 1.29 is 19.1 Å². The van der Waals surface area contributed by atoms with E-state index in [0.717, 1.165) is 31.2 Å². The Morgan fingerprint density at radius 2 is 2.14 bits per heavy atom. The van der Waals surface area contributed by atoms with Gasteiger partial charge in [-0.05, 0) is 56.7 Å². The third kappa shape index (κ3) is 4.42. The zero-order chi connectivity index (χ0) is 16.1. The Bertz CT molecular complexity index is 495. The smallest absolute Gasteiger partial charge is 0.338 e. The molecule has 2 amide bonds. The van der Waals surface area contributed by atoms with Crippen LogP contribution in [0.25, 0.3) is 0 Å². The fourth-order valence-electron chi connectivity index (χ4n) is 2.82. The molecule has 0 bridgehead atoms. The van der Waals surface area contributed by atoms with E-state index in [-0.39, 0.29) is 24.1 Å². The number of ether oxygens (including phenoxy) is 1. The standard InChI is InChI=1S/C16H23FN2O3/c1-11(19(21)16(18)20)3-2-4-14-9-10-15(22-14)12-5-7-13(17)8-6-12/h5-8,11,14-15,21H,2-4,9-10H2,1H3,(H2,18,20)/t11-,14+,15-/m0/s1. The second kappa shape index (κ2) is 7.56. The average Bonchev–Trinajstić information content (AvgIpc) is 2.95. The van der Waals surface area contributed by atoms with E-state index < -0.39 is 6.03 Å². The molecule has 0 aromatic heterocycles. The molecule has 1 aromatic carbocycles. The zero-order valence-electron chi connectivity index (χ0n) is 12.7. The Morgan fingerprint density at radius 3 is 2.77 bits per heavy atom. The van der Waals surface area contributed by atoms with Gasteiger partial charge >= 0.3 is 6.03 Å². The summed E-state index contributed by atoms with van der Waals surface area (Å²) in [5.74, 6) is -0.240. The number of rotatable bonds is 6. The second-order valence-corrected chi connectivity index (χ2v) is 5.84. The van der Waals surface area contributed by atoms with Crippen LogP contribution in [-0.2, 0) is 4.74 Å². The summed E-state index contributed by atoms with van der Waals surface area (Å²) < 4.78 is 18.9. The van der Waals surface area contributed by atoms with Gasteiger partial charge in [-0.25, -0.2) is 14.2 Å². The Hall–Kier alpha value is -1.66. The van der Waals surface area contributed by atoms with Gasteiger partial charge in [0.2, 0.25) is 0 Å². The number of amides is 2. The van der Waals surface area contributed by atoms with Crippen LogP contribution in [-0.4, -0.2) is 28.4 Å². The molecule has 1 saturated heterocycles. The molecule has 22 heavy (non-hydrogen) atoms. The van der Waals surface area contributed by atoms with Crippen molar-refractivity contribution in [2.45, 2.75) is 57.3 Å². The second-order valence-electron chi connectivity index (χ2n) is 5.84. The molecule has 5 nitrogen and oxygen atoms in total. The summed E-state index contributed by atoms with van der Waals surface area (Å²) in [5.41, 5.74) is 6.02. The molecular formula is C16H23FN2O3. The molecule has 1 aliphatic rings. The van der Waals surface area contributed by atoms with Gasteiger partial charge in [-0.15, -0.1) is 0 Å². The van der Waals surface area contributed by atoms with Crippen molar-refractivity contribution in [3.8, 4) is 0 Å². The summed E-state index contributed by atoms with van der Waals surface area (Å²) in [6, 6.07) is 5.30. The maximum absolute atomic E-state index is 12.9. The van der Waals surface area contributed by atoms with Crippen molar-refractivity contribution in [2.24, 2.45) is 5.73 Å². The summed E-state index contributed by atoms with van der Waals surface area (Å²) in [7, 11) is 0. The predicted molar refractivity (Wildman–Crippen MR) is 79.8 cm³/mol. The molecule has 1 aromatic rings. The van der Waals surface area contributed by atoms with Gasteiger partial charge in [-0.2, -0.15) is 0 Å². The maximum Gasteiger partial charge on any atom is 0.338 e. The van der Waals surface area contributed by atoms with E-state index in [2.05, 4.69) is 0 Å². The van der Waals surface area contributed by atoms with E-state index >= 15 is 0 Å². The summed E-state index contributed by atoms with van der Waals surface area (Å²) in [4.78, 5) is 10.8. The molecular weight excluding hydrogens is 287 g/mol. The number of hydrogen-bond donors (Lipinski definition) is 2. The molecule has 0 unspecified atom stereocenters. The van der Waals surface area contributed by atoms with E-state index in [0.29, 0.717) is 11.5 Å². The summed E-state index contributed by atoms with van der Waals surface area (Å²) in [6.45, 7) is 1.75. The molecule has 0 spiro atoms. The number of nitrogens with zero attached hydrogens (tertiary/aromatic N) is 1. The molecule has 3 N–H and O–H groups in total. The lowest BCUT2D eigenvalue weighted by Crippen LogP contribution is -2.39. The fourth-order valence-corrected chi connectivity index (χ4v) is 2.82. The SMILES string of the molecule is C[C@@H](CCC[C@@H]1CC[C@@H](c2ccc(F)cc2)O1)N(O)C(N)=O. The minimum atomic E-state index is -0.832. The van der Waals surface area contributed by atoms with Gasteiger partial charge in [0.05, 0.1) is 18.2 Å². The number of benzene rings is 1. The van der Waals surface area contributed by atoms with Crippen LogP contribution >= 0.6 is 0 Å². The minimum absolute atomic E-state index is 0.0305. The van der Waals surface area contributed by atoms with E-state index in [1.54, 1.807) is 19.1 Å². The summed E-state index contributed by atoms with van der Waals surface area (Å²) in [5, 5.41) is 9.96. The maximum atomic E-state index is 12.9. The van der Waals surface area contributed by atoms with Crippen molar-refractivity contribution in [3.05, 3.63) is 35.6 Å². The Labute approximate surface area is 129 Å². The van der Waals surface area contributed by atoms with Crippen LogP contribution in [0.1, 0.15) is 50.7 Å². The van der Waals surface area contributed by atoms with Crippen LogP contribution in [0.5, 0.6) is 0 Å². The van der Waals surface area contributed by atoms with Crippen molar-refractivity contribution in [2.75, 3.05) is 0 Å². The summed E-state index contributed by atoms with van der Waals surface area (Å²) >= 11 is 0. The highest BCUT2D eigenvalue weighted by molar-refractivity contribution is 5.70. The molecule has 0 radical (unpaired) electrons. The topological polar surface area (TPSA) is 75.8 Å². The molecule has 2 rings (SSSR count). The lowest BCUT2D eigenvalue weighted by Gasteiger charge is -2.21. The lowest BCUT2D eigenvalue weighted by molar-refractivity contribution is -0.0728. The van der Waals surface area contributed by atoms with E-state index in [1.165, 1.54) is 12.1 Å². The van der Waals surface area contributed by atoms with Crippen LogP contribution < -0.4 is 5.73 Å². The first-order chi connectivity index (χ1) is 10.5. The van der Waals surface area contributed by atoms with Gasteiger partial charge in [-0.3, -0.25) is 5.21 Å². The molecule has 0 saturated carbocycles. The highest BCUT2D eigenvalue weighted by Gasteiger charge is 2.26. The van der Waals surface area contributed by atoms with Gasteiger partial charge in [0.1, 0.15) is 5.82 Å². The normalized spacial score (nSPS) is 22.5. The van der Waals surface area contributed by atoms with Gasteiger partial charge in [0.25, 0.3) is 0 Å². The Morgan fingerprint density at radius 1 is 1.45 bits per heavy atom. The molecule has 6 heteroatoms. The first-order valence-corrected chi connectivity index (χ1v) is 7.66. The number of carbonyl (C=O) groups excluding carboxylic acids is 1. The Balaban J connectivity index is 1.73. The number of nitrogens with two attached hydrogens (primary N) is 1. The average molecular weight is 310 g/mol. The van der Waals surface area contributed by atoms with Crippen LogP contribution in [0.3, 0.4) is 0 Å².